The van der Waals surface area contributed by atoms with Gasteiger partial charge in [-0.1, -0.05) is 17.7 Å². The Kier molecular flexibility index (Phi) is 4.05. The van der Waals surface area contributed by atoms with Crippen molar-refractivity contribution < 1.29 is 19.4 Å². The lowest BCUT2D eigenvalue weighted by Crippen LogP contribution is -2.04. The zero-order chi connectivity index (χ0) is 14.7. The molecule has 2 aromatic carbocycles. The maximum Gasteiger partial charge on any atom is 0.338 e. The van der Waals surface area contributed by atoms with E-state index >= 15 is 0 Å². The summed E-state index contributed by atoms with van der Waals surface area (Å²) in [4.78, 5) is 22.4. The Morgan fingerprint density at radius 2 is 1.95 bits per heavy atom. The minimum absolute atomic E-state index is 0.291. The van der Waals surface area contributed by atoms with Crippen molar-refractivity contribution in [3.05, 3.63) is 52.6 Å². The monoisotopic (exact) mass is 290 g/mol. The number of carbonyl (C=O) groups is 2. The first kappa shape index (κ1) is 14.1. The van der Waals surface area contributed by atoms with Crippen LogP contribution < -0.4 is 0 Å². The van der Waals surface area contributed by atoms with Crippen LogP contribution in [-0.2, 0) is 9.53 Å². The van der Waals surface area contributed by atoms with E-state index in [1.54, 1.807) is 30.3 Å². The van der Waals surface area contributed by atoms with Crippen molar-refractivity contribution in [3.8, 4) is 0 Å². The Morgan fingerprint density at radius 3 is 2.60 bits per heavy atom. The van der Waals surface area contributed by atoms with Crippen LogP contribution in [-0.4, -0.2) is 24.2 Å². The van der Waals surface area contributed by atoms with Crippen LogP contribution in [0.3, 0.4) is 0 Å². The summed E-state index contributed by atoms with van der Waals surface area (Å²) >= 11 is 5.92. The zero-order valence-electron chi connectivity index (χ0n) is 10.6. The molecule has 0 bridgehead atoms. The van der Waals surface area contributed by atoms with Gasteiger partial charge in [0.05, 0.1) is 12.7 Å². The van der Waals surface area contributed by atoms with Crippen molar-refractivity contribution in [2.75, 3.05) is 7.11 Å². The Balaban J connectivity index is 2.66. The third kappa shape index (κ3) is 2.97. The van der Waals surface area contributed by atoms with Crippen LogP contribution in [0, 0.1) is 0 Å². The molecule has 4 nitrogen and oxygen atoms in total. The Bertz CT molecular complexity index is 719. The van der Waals surface area contributed by atoms with Gasteiger partial charge in [-0.2, -0.15) is 0 Å². The molecule has 2 rings (SSSR count). The highest BCUT2D eigenvalue weighted by Crippen LogP contribution is 2.25. The van der Waals surface area contributed by atoms with E-state index in [-0.39, 0.29) is 0 Å². The fraction of sp³-hybridized carbons (Fsp3) is 0.0667. The molecule has 0 amide bonds. The van der Waals surface area contributed by atoms with Crippen LogP contribution in [0.4, 0.5) is 0 Å². The van der Waals surface area contributed by atoms with Crippen LogP contribution >= 0.6 is 11.6 Å². The largest absolute Gasteiger partial charge is 0.478 e. The molecule has 0 spiro atoms. The maximum absolute atomic E-state index is 11.8. The van der Waals surface area contributed by atoms with Gasteiger partial charge in [0.1, 0.15) is 0 Å². The van der Waals surface area contributed by atoms with Gasteiger partial charge in [0.25, 0.3) is 0 Å². The second-order valence-corrected chi connectivity index (χ2v) is 4.53. The standard InChI is InChI=1S/C15H11ClO4/c1-20-15(19)13-8-11-7-12(16)4-2-9(11)6-10(13)3-5-14(17)18/h2-8H,1H3,(H,17,18). The summed E-state index contributed by atoms with van der Waals surface area (Å²) in [5.41, 5.74) is 0.772. The van der Waals surface area contributed by atoms with Crippen LogP contribution in [0.1, 0.15) is 15.9 Å². The van der Waals surface area contributed by atoms with Gasteiger partial charge in [-0.25, -0.2) is 9.59 Å². The van der Waals surface area contributed by atoms with E-state index in [1.165, 1.54) is 13.2 Å². The number of carbonyl (C=O) groups excluding carboxylic acids is 1. The molecule has 0 saturated carbocycles. The lowest BCUT2D eigenvalue weighted by molar-refractivity contribution is -0.131. The van der Waals surface area contributed by atoms with Crippen LogP contribution in [0.2, 0.25) is 5.02 Å². The molecule has 0 fully saturated rings. The fourth-order valence-corrected chi connectivity index (χ4v) is 2.05. The summed E-state index contributed by atoms with van der Waals surface area (Å²) in [5, 5.41) is 10.9. The van der Waals surface area contributed by atoms with Crippen LogP contribution in [0.5, 0.6) is 0 Å². The average Bonchev–Trinajstić information content (AvgIpc) is 2.43. The Labute approximate surface area is 120 Å². The highest BCUT2D eigenvalue weighted by molar-refractivity contribution is 6.31. The van der Waals surface area contributed by atoms with Crippen molar-refractivity contribution in [3.63, 3.8) is 0 Å². The van der Waals surface area contributed by atoms with Gasteiger partial charge in [0, 0.05) is 11.1 Å². The smallest absolute Gasteiger partial charge is 0.338 e. The molecule has 2 aromatic rings. The molecule has 0 aromatic heterocycles. The summed E-state index contributed by atoms with van der Waals surface area (Å²) in [6, 6.07) is 8.61. The number of ether oxygens (including phenoxy) is 1. The summed E-state index contributed by atoms with van der Waals surface area (Å²) in [5.74, 6) is -1.62. The van der Waals surface area contributed by atoms with Gasteiger partial charge in [-0.15, -0.1) is 0 Å². The minimum Gasteiger partial charge on any atom is -0.478 e. The lowest BCUT2D eigenvalue weighted by Gasteiger charge is -2.07. The fourth-order valence-electron chi connectivity index (χ4n) is 1.87. The number of esters is 1. The van der Waals surface area contributed by atoms with Gasteiger partial charge in [0.2, 0.25) is 0 Å². The number of fused-ring (bicyclic) bond motifs is 1. The summed E-state index contributed by atoms with van der Waals surface area (Å²) in [6.07, 6.45) is 2.34. The third-order valence-electron chi connectivity index (χ3n) is 2.78. The van der Waals surface area contributed by atoms with Crippen molar-refractivity contribution in [1.82, 2.24) is 0 Å². The van der Waals surface area contributed by atoms with Crippen molar-refractivity contribution in [2.45, 2.75) is 0 Å². The van der Waals surface area contributed by atoms with Gasteiger partial charge in [0.15, 0.2) is 0 Å². The van der Waals surface area contributed by atoms with Crippen LogP contribution in [0.15, 0.2) is 36.4 Å². The van der Waals surface area contributed by atoms with Crippen molar-refractivity contribution in [1.29, 1.82) is 0 Å². The van der Waals surface area contributed by atoms with Crippen molar-refractivity contribution >= 4 is 40.4 Å². The van der Waals surface area contributed by atoms with E-state index in [9.17, 15) is 9.59 Å². The van der Waals surface area contributed by atoms with Crippen LogP contribution in [0.25, 0.3) is 16.8 Å². The third-order valence-corrected chi connectivity index (χ3v) is 3.02. The highest BCUT2D eigenvalue weighted by Gasteiger charge is 2.12. The van der Waals surface area contributed by atoms with E-state index in [2.05, 4.69) is 0 Å². The number of carboxylic acid groups (broad SMARTS) is 1. The molecule has 0 saturated heterocycles. The second-order valence-electron chi connectivity index (χ2n) is 4.09. The van der Waals surface area contributed by atoms with Gasteiger partial charge in [-0.3, -0.25) is 0 Å². The van der Waals surface area contributed by atoms with E-state index in [0.717, 1.165) is 16.8 Å². The second kappa shape index (κ2) is 5.75. The number of benzene rings is 2. The molecule has 0 aliphatic carbocycles. The molecule has 0 radical (unpaired) electrons. The number of hydrogen-bond donors (Lipinski definition) is 1. The molecule has 0 aliphatic rings. The first-order chi connectivity index (χ1) is 9.51. The van der Waals surface area contributed by atoms with E-state index in [4.69, 9.17) is 21.4 Å². The normalized spacial score (nSPS) is 10.9. The number of aliphatic carboxylic acids is 1. The molecule has 0 unspecified atom stereocenters. The molecule has 20 heavy (non-hydrogen) atoms. The average molecular weight is 291 g/mol. The SMILES string of the molecule is COC(=O)c1cc2cc(Cl)ccc2cc1C=CC(=O)O. The van der Waals surface area contributed by atoms with E-state index in [1.807, 2.05) is 0 Å². The molecule has 102 valence electrons. The first-order valence-corrected chi connectivity index (χ1v) is 6.11. The summed E-state index contributed by atoms with van der Waals surface area (Å²) < 4.78 is 4.71. The highest BCUT2D eigenvalue weighted by atomic mass is 35.5. The van der Waals surface area contributed by atoms with E-state index < -0.39 is 11.9 Å². The number of halogens is 1. The van der Waals surface area contributed by atoms with Gasteiger partial charge < -0.3 is 9.84 Å². The summed E-state index contributed by atoms with van der Waals surface area (Å²) in [6.45, 7) is 0. The van der Waals surface area contributed by atoms with Gasteiger partial charge in [-0.05, 0) is 46.7 Å². The van der Waals surface area contributed by atoms with E-state index in [0.29, 0.717) is 16.1 Å². The topological polar surface area (TPSA) is 63.6 Å². The van der Waals surface area contributed by atoms with Crippen molar-refractivity contribution in [2.24, 2.45) is 0 Å². The predicted octanol–water partition coefficient (Wildman–Crippen LogP) is 3.38. The number of methoxy groups -OCH3 is 1. The molecule has 0 heterocycles. The Hall–Kier alpha value is -2.33. The number of hydrogen-bond acceptors (Lipinski definition) is 3. The molecule has 5 heteroatoms. The number of rotatable bonds is 3. The predicted molar refractivity (Wildman–Crippen MR) is 77.0 cm³/mol. The Morgan fingerprint density at radius 1 is 1.20 bits per heavy atom. The molecule has 0 aliphatic heterocycles. The van der Waals surface area contributed by atoms with Gasteiger partial charge >= 0.3 is 11.9 Å². The summed E-state index contributed by atoms with van der Waals surface area (Å²) in [7, 11) is 1.27. The maximum atomic E-state index is 11.8. The minimum atomic E-state index is -1.09. The zero-order valence-corrected chi connectivity index (χ0v) is 11.3. The lowest BCUT2D eigenvalue weighted by atomic mass is 10.0. The quantitative estimate of drug-likeness (QED) is 0.695. The molecular formula is C15H11ClO4. The first-order valence-electron chi connectivity index (χ1n) is 5.74. The molecular weight excluding hydrogens is 280 g/mol. The molecule has 1 N–H and O–H groups in total. The molecule has 0 atom stereocenters. The number of carboxylic acids is 1.